The highest BCUT2D eigenvalue weighted by Crippen LogP contribution is 2.43. The van der Waals surface area contributed by atoms with Crippen molar-refractivity contribution in [3.05, 3.63) is 94.2 Å². The normalized spacial score (nSPS) is 13.3. The molecule has 0 fully saturated rings. The molecular weight excluding hydrogens is 514 g/mol. The van der Waals surface area contributed by atoms with Crippen LogP contribution in [0.5, 0.6) is 5.75 Å². The first kappa shape index (κ1) is 28.6. The van der Waals surface area contributed by atoms with Gasteiger partial charge in [-0.2, -0.15) is 0 Å². The summed E-state index contributed by atoms with van der Waals surface area (Å²) in [5.41, 5.74) is 8.60. The monoisotopic (exact) mass is 553 g/mol. The maximum Gasteiger partial charge on any atom is 0.274 e. The fraction of sp³-hybridized carbons (Fsp3) is 0.353. The molecule has 214 valence electrons. The molecule has 3 aromatic carbocycles. The first-order valence-electron chi connectivity index (χ1n) is 14.2. The zero-order valence-corrected chi connectivity index (χ0v) is 24.6. The molecule has 0 unspecified atom stereocenters. The minimum atomic E-state index is -0.299. The maximum atomic E-state index is 13.4. The molecule has 0 bridgehead atoms. The molecule has 1 aliphatic rings. The largest absolute Gasteiger partial charge is 0.488 e. The SMILES string of the molecule is COCCNC(=O)c1noc(-c2cc(C(C)C)c(C)cc2OCc2ccccc2)c1-c1ccc2c(c1)CCN(C)C2. The van der Waals surface area contributed by atoms with Crippen molar-refractivity contribution in [2.45, 2.75) is 46.3 Å². The molecule has 0 spiro atoms. The first-order chi connectivity index (χ1) is 19.9. The van der Waals surface area contributed by atoms with Gasteiger partial charge in [-0.3, -0.25) is 4.79 Å². The second-order valence-electron chi connectivity index (χ2n) is 11.1. The van der Waals surface area contributed by atoms with E-state index in [1.165, 1.54) is 16.7 Å². The molecule has 7 heteroatoms. The Hall–Kier alpha value is -3.94. The van der Waals surface area contributed by atoms with Crippen molar-refractivity contribution < 1.29 is 18.8 Å². The summed E-state index contributed by atoms with van der Waals surface area (Å²) in [6.07, 6.45) is 0.948. The lowest BCUT2D eigenvalue weighted by Crippen LogP contribution is -2.27. The van der Waals surface area contributed by atoms with Gasteiger partial charge >= 0.3 is 0 Å². The van der Waals surface area contributed by atoms with E-state index in [1.54, 1.807) is 7.11 Å². The van der Waals surface area contributed by atoms with Crippen molar-refractivity contribution in [3.63, 3.8) is 0 Å². The molecule has 1 aromatic heterocycles. The number of hydrogen-bond acceptors (Lipinski definition) is 6. The van der Waals surface area contributed by atoms with Crippen LogP contribution in [0.15, 0.2) is 65.2 Å². The van der Waals surface area contributed by atoms with Crippen LogP contribution in [-0.4, -0.2) is 49.8 Å². The zero-order valence-electron chi connectivity index (χ0n) is 24.6. The minimum absolute atomic E-state index is 0.254. The van der Waals surface area contributed by atoms with Gasteiger partial charge in [0.15, 0.2) is 11.5 Å². The number of likely N-dealkylation sites (N-methyl/N-ethyl adjacent to an activating group) is 1. The molecule has 1 N–H and O–H groups in total. The van der Waals surface area contributed by atoms with Gasteiger partial charge in [0.2, 0.25) is 0 Å². The van der Waals surface area contributed by atoms with E-state index in [-0.39, 0.29) is 11.6 Å². The molecule has 5 rings (SSSR count). The molecule has 0 atom stereocenters. The molecular formula is C34H39N3O4. The second kappa shape index (κ2) is 12.7. The third-order valence-electron chi connectivity index (χ3n) is 7.67. The van der Waals surface area contributed by atoms with Crippen molar-refractivity contribution in [1.29, 1.82) is 0 Å². The lowest BCUT2D eigenvalue weighted by Gasteiger charge is -2.25. The van der Waals surface area contributed by atoms with Gasteiger partial charge < -0.3 is 24.2 Å². The maximum absolute atomic E-state index is 13.4. The molecule has 0 radical (unpaired) electrons. The molecule has 0 saturated heterocycles. The van der Waals surface area contributed by atoms with Crippen LogP contribution < -0.4 is 10.1 Å². The summed E-state index contributed by atoms with van der Waals surface area (Å²) in [6.45, 7) is 9.54. The number of hydrogen-bond donors (Lipinski definition) is 1. The zero-order chi connectivity index (χ0) is 28.9. The Morgan fingerprint density at radius 2 is 1.90 bits per heavy atom. The molecule has 41 heavy (non-hydrogen) atoms. The number of ether oxygens (including phenoxy) is 2. The van der Waals surface area contributed by atoms with Crippen molar-refractivity contribution in [1.82, 2.24) is 15.4 Å². The topological polar surface area (TPSA) is 76.8 Å². The number of rotatable bonds is 10. The van der Waals surface area contributed by atoms with Crippen LogP contribution in [-0.2, 0) is 24.3 Å². The van der Waals surface area contributed by atoms with E-state index in [4.69, 9.17) is 14.0 Å². The van der Waals surface area contributed by atoms with Crippen LogP contribution in [0.1, 0.15) is 58.1 Å². The number of nitrogens with one attached hydrogen (secondary N) is 1. The number of methoxy groups -OCH3 is 1. The van der Waals surface area contributed by atoms with E-state index in [2.05, 4.69) is 73.5 Å². The Morgan fingerprint density at radius 1 is 1.10 bits per heavy atom. The highest BCUT2D eigenvalue weighted by atomic mass is 16.5. The van der Waals surface area contributed by atoms with Crippen molar-refractivity contribution >= 4 is 5.91 Å². The average Bonchev–Trinajstić information content (AvgIpc) is 3.41. The average molecular weight is 554 g/mol. The van der Waals surface area contributed by atoms with E-state index in [9.17, 15) is 4.79 Å². The summed E-state index contributed by atoms with van der Waals surface area (Å²) in [4.78, 5) is 15.7. The van der Waals surface area contributed by atoms with Gasteiger partial charge in [0.25, 0.3) is 5.91 Å². The molecule has 4 aromatic rings. The van der Waals surface area contributed by atoms with Gasteiger partial charge in [-0.05, 0) is 71.8 Å². The number of aryl methyl sites for hydroxylation is 1. The van der Waals surface area contributed by atoms with Crippen molar-refractivity contribution in [2.75, 3.05) is 33.9 Å². The summed E-state index contributed by atoms with van der Waals surface area (Å²) in [6, 6.07) is 20.7. The highest BCUT2D eigenvalue weighted by molar-refractivity contribution is 6.02. The quantitative estimate of drug-likeness (QED) is 0.230. The predicted molar refractivity (Wildman–Crippen MR) is 161 cm³/mol. The molecule has 7 nitrogen and oxygen atoms in total. The standard InChI is InChI=1S/C34H39N3O4/c1-22(2)28-19-29(30(17-23(28)3)40-21-24-9-7-6-8-10-24)33-31(32(36-41-33)34(38)35-14-16-39-5)26-11-12-27-20-37(4)15-13-25(27)18-26/h6-12,17-19,22H,13-16,20-21H2,1-5H3,(H,35,38). The van der Waals surface area contributed by atoms with Crippen LogP contribution >= 0.6 is 0 Å². The van der Waals surface area contributed by atoms with Crippen molar-refractivity contribution in [2.24, 2.45) is 0 Å². The lowest BCUT2D eigenvalue weighted by atomic mass is 9.90. The minimum Gasteiger partial charge on any atom is -0.488 e. The molecule has 0 aliphatic carbocycles. The van der Waals surface area contributed by atoms with Gasteiger partial charge in [0.05, 0.1) is 17.7 Å². The Bertz CT molecular complexity index is 1510. The van der Waals surface area contributed by atoms with E-state index in [0.29, 0.717) is 42.7 Å². The number of carbonyl (C=O) groups excluding carboxylic acids is 1. The summed E-state index contributed by atoms with van der Waals surface area (Å²) in [5.74, 6) is 1.21. The van der Waals surface area contributed by atoms with E-state index >= 15 is 0 Å². The summed E-state index contributed by atoms with van der Waals surface area (Å²) < 4.78 is 17.6. The number of carbonyl (C=O) groups is 1. The summed E-state index contributed by atoms with van der Waals surface area (Å²) in [5, 5.41) is 7.26. The first-order valence-corrected chi connectivity index (χ1v) is 14.2. The third-order valence-corrected chi connectivity index (χ3v) is 7.67. The van der Waals surface area contributed by atoms with Crippen LogP contribution in [0.4, 0.5) is 0 Å². The highest BCUT2D eigenvalue weighted by Gasteiger charge is 2.28. The van der Waals surface area contributed by atoms with Gasteiger partial charge in [-0.25, -0.2) is 0 Å². The fourth-order valence-electron chi connectivity index (χ4n) is 5.45. The molecule has 1 amide bonds. The van der Waals surface area contributed by atoms with Crippen LogP contribution in [0.25, 0.3) is 22.5 Å². The number of benzene rings is 3. The Labute approximate surface area is 242 Å². The fourth-order valence-corrected chi connectivity index (χ4v) is 5.45. The Kier molecular flexibility index (Phi) is 8.86. The predicted octanol–water partition coefficient (Wildman–Crippen LogP) is 6.38. The molecule has 0 saturated carbocycles. The van der Waals surface area contributed by atoms with Gasteiger partial charge in [0, 0.05) is 26.7 Å². The molecule has 2 heterocycles. The van der Waals surface area contributed by atoms with Gasteiger partial charge in [-0.15, -0.1) is 0 Å². The summed E-state index contributed by atoms with van der Waals surface area (Å²) in [7, 11) is 3.75. The number of fused-ring (bicyclic) bond motifs is 1. The number of amides is 1. The second-order valence-corrected chi connectivity index (χ2v) is 11.1. The lowest BCUT2D eigenvalue weighted by molar-refractivity contribution is 0.0928. The van der Waals surface area contributed by atoms with Gasteiger partial charge in [-0.1, -0.05) is 67.5 Å². The van der Waals surface area contributed by atoms with Crippen LogP contribution in [0.3, 0.4) is 0 Å². The van der Waals surface area contributed by atoms with Crippen molar-refractivity contribution in [3.8, 4) is 28.2 Å². The van der Waals surface area contributed by atoms with Gasteiger partial charge in [0.1, 0.15) is 12.4 Å². The Balaban J connectivity index is 1.64. The molecule has 1 aliphatic heterocycles. The number of aromatic nitrogens is 1. The smallest absolute Gasteiger partial charge is 0.274 e. The van der Waals surface area contributed by atoms with E-state index in [0.717, 1.165) is 41.8 Å². The number of nitrogens with zero attached hydrogens (tertiary/aromatic N) is 2. The van der Waals surface area contributed by atoms with Crippen LogP contribution in [0.2, 0.25) is 0 Å². The third kappa shape index (κ3) is 6.37. The van der Waals surface area contributed by atoms with E-state index < -0.39 is 0 Å². The van der Waals surface area contributed by atoms with E-state index in [1.807, 2.05) is 30.3 Å². The Morgan fingerprint density at radius 3 is 2.66 bits per heavy atom. The van der Waals surface area contributed by atoms with Crippen LogP contribution in [0, 0.1) is 6.92 Å². The summed E-state index contributed by atoms with van der Waals surface area (Å²) >= 11 is 0.